The van der Waals surface area contributed by atoms with Gasteiger partial charge in [0, 0.05) is 50.6 Å². The number of benzene rings is 1. The molecule has 0 saturated carbocycles. The monoisotopic (exact) mass is 337 g/mol. The maximum absolute atomic E-state index is 11.4. The van der Waals surface area contributed by atoms with Crippen molar-refractivity contribution in [1.82, 2.24) is 20.4 Å². The topological polar surface area (TPSA) is 61.4 Å². The number of carbonyl (C=O) groups is 1. The van der Waals surface area contributed by atoms with Gasteiger partial charge in [-0.05, 0) is 24.7 Å². The summed E-state index contributed by atoms with van der Waals surface area (Å²) in [7, 11) is 2.15. The van der Waals surface area contributed by atoms with Crippen molar-refractivity contribution in [2.75, 3.05) is 44.7 Å². The largest absolute Gasteiger partial charge is 0.355 e. The molecular formula is C19H23N5O. The zero-order valence-electron chi connectivity index (χ0n) is 14.5. The Morgan fingerprint density at radius 2 is 1.76 bits per heavy atom. The predicted molar refractivity (Wildman–Crippen MR) is 97.5 cm³/mol. The molecule has 2 fully saturated rings. The van der Waals surface area contributed by atoms with Crippen LogP contribution in [-0.4, -0.2) is 60.8 Å². The highest BCUT2D eigenvalue weighted by Crippen LogP contribution is 2.26. The number of rotatable bonds is 3. The lowest BCUT2D eigenvalue weighted by Crippen LogP contribution is -2.44. The van der Waals surface area contributed by atoms with Crippen LogP contribution in [0.25, 0.3) is 11.3 Å². The lowest BCUT2D eigenvalue weighted by Gasteiger charge is -2.32. The molecule has 1 atom stereocenters. The Bertz CT molecular complexity index is 735. The minimum Gasteiger partial charge on any atom is -0.355 e. The molecule has 4 rings (SSSR count). The zero-order valence-corrected chi connectivity index (χ0v) is 14.5. The van der Waals surface area contributed by atoms with Gasteiger partial charge in [0.1, 0.15) is 0 Å². The Balaban J connectivity index is 1.45. The Morgan fingerprint density at radius 3 is 2.36 bits per heavy atom. The van der Waals surface area contributed by atoms with Gasteiger partial charge in [-0.3, -0.25) is 4.79 Å². The summed E-state index contributed by atoms with van der Waals surface area (Å²) >= 11 is 0. The second-order valence-corrected chi connectivity index (χ2v) is 6.89. The van der Waals surface area contributed by atoms with Crippen molar-refractivity contribution < 1.29 is 4.79 Å². The van der Waals surface area contributed by atoms with Crippen LogP contribution in [0.3, 0.4) is 0 Å². The van der Waals surface area contributed by atoms with E-state index in [1.807, 2.05) is 6.07 Å². The lowest BCUT2D eigenvalue weighted by atomic mass is 9.96. The third-order valence-corrected chi connectivity index (χ3v) is 5.13. The molecule has 0 bridgehead atoms. The summed E-state index contributed by atoms with van der Waals surface area (Å²) in [6.45, 7) is 4.84. The van der Waals surface area contributed by atoms with Gasteiger partial charge < -0.3 is 15.1 Å². The summed E-state index contributed by atoms with van der Waals surface area (Å²) in [5.41, 5.74) is 3.13. The molecule has 0 spiro atoms. The molecule has 2 aliphatic rings. The van der Waals surface area contributed by atoms with Crippen LogP contribution in [0.15, 0.2) is 36.4 Å². The molecular weight excluding hydrogens is 314 g/mol. The normalized spacial score (nSPS) is 21.4. The highest BCUT2D eigenvalue weighted by Gasteiger charge is 2.22. The molecule has 2 aromatic rings. The van der Waals surface area contributed by atoms with Gasteiger partial charge in [-0.15, -0.1) is 10.2 Å². The van der Waals surface area contributed by atoms with E-state index >= 15 is 0 Å². The van der Waals surface area contributed by atoms with Crippen LogP contribution in [0, 0.1) is 0 Å². The molecule has 1 aromatic heterocycles. The number of aromatic nitrogens is 2. The molecule has 130 valence electrons. The first-order valence-corrected chi connectivity index (χ1v) is 8.83. The van der Waals surface area contributed by atoms with Gasteiger partial charge in [0.15, 0.2) is 5.82 Å². The summed E-state index contributed by atoms with van der Waals surface area (Å²) in [6, 6.07) is 12.4. The number of hydrogen-bond acceptors (Lipinski definition) is 5. The zero-order chi connectivity index (χ0) is 17.2. The molecule has 1 unspecified atom stereocenters. The summed E-state index contributed by atoms with van der Waals surface area (Å²) in [6.07, 6.45) is 0.582. The highest BCUT2D eigenvalue weighted by molar-refractivity contribution is 5.79. The van der Waals surface area contributed by atoms with E-state index in [0.717, 1.165) is 49.8 Å². The van der Waals surface area contributed by atoms with Gasteiger partial charge in [-0.1, -0.05) is 24.3 Å². The van der Waals surface area contributed by atoms with Gasteiger partial charge in [0.2, 0.25) is 5.91 Å². The van der Waals surface area contributed by atoms with Crippen LogP contribution in [0.4, 0.5) is 5.82 Å². The number of piperazine rings is 1. The number of hydrogen-bond donors (Lipinski definition) is 1. The molecule has 6 nitrogen and oxygen atoms in total. The molecule has 1 amide bonds. The van der Waals surface area contributed by atoms with E-state index in [0.29, 0.717) is 6.42 Å². The van der Waals surface area contributed by atoms with Crippen LogP contribution in [0.5, 0.6) is 0 Å². The predicted octanol–water partition coefficient (Wildman–Crippen LogP) is 1.50. The van der Waals surface area contributed by atoms with Gasteiger partial charge in [0.05, 0.1) is 5.69 Å². The molecule has 2 saturated heterocycles. The second-order valence-electron chi connectivity index (χ2n) is 6.89. The van der Waals surface area contributed by atoms with Crippen LogP contribution >= 0.6 is 0 Å². The van der Waals surface area contributed by atoms with Crippen LogP contribution in [0.2, 0.25) is 0 Å². The van der Waals surface area contributed by atoms with Gasteiger partial charge in [0.25, 0.3) is 0 Å². The average molecular weight is 337 g/mol. The van der Waals surface area contributed by atoms with Gasteiger partial charge in [-0.2, -0.15) is 0 Å². The number of likely N-dealkylation sites (N-methyl/N-ethyl adjacent to an activating group) is 1. The number of carbonyl (C=O) groups excluding carboxylic acids is 1. The first kappa shape index (κ1) is 16.0. The summed E-state index contributed by atoms with van der Waals surface area (Å²) < 4.78 is 0. The average Bonchev–Trinajstić information content (AvgIpc) is 3.09. The summed E-state index contributed by atoms with van der Waals surface area (Å²) in [5.74, 6) is 1.37. The third kappa shape index (κ3) is 3.49. The van der Waals surface area contributed by atoms with E-state index in [9.17, 15) is 4.79 Å². The van der Waals surface area contributed by atoms with Crippen LogP contribution in [-0.2, 0) is 4.79 Å². The highest BCUT2D eigenvalue weighted by atomic mass is 16.1. The van der Waals surface area contributed by atoms with E-state index in [1.54, 1.807) is 0 Å². The Hall–Kier alpha value is -2.47. The summed E-state index contributed by atoms with van der Waals surface area (Å²) in [5, 5.41) is 11.7. The van der Waals surface area contributed by atoms with Crippen molar-refractivity contribution in [2.24, 2.45) is 0 Å². The molecule has 6 heteroatoms. The Labute approximate surface area is 147 Å². The first-order chi connectivity index (χ1) is 12.2. The Kier molecular flexibility index (Phi) is 4.36. The Morgan fingerprint density at radius 1 is 1.00 bits per heavy atom. The van der Waals surface area contributed by atoms with Crippen molar-refractivity contribution in [1.29, 1.82) is 0 Å². The maximum Gasteiger partial charge on any atom is 0.220 e. The van der Waals surface area contributed by atoms with E-state index in [-0.39, 0.29) is 11.8 Å². The minimum absolute atomic E-state index is 0.138. The van der Waals surface area contributed by atoms with Crippen molar-refractivity contribution >= 4 is 11.7 Å². The molecule has 0 aliphatic carbocycles. The molecule has 1 aromatic carbocycles. The quantitative estimate of drug-likeness (QED) is 0.920. The fourth-order valence-electron chi connectivity index (χ4n) is 3.45. The number of amides is 1. The lowest BCUT2D eigenvalue weighted by molar-refractivity contribution is -0.119. The number of nitrogens with zero attached hydrogens (tertiary/aromatic N) is 4. The maximum atomic E-state index is 11.4. The van der Waals surface area contributed by atoms with E-state index < -0.39 is 0 Å². The van der Waals surface area contributed by atoms with Crippen molar-refractivity contribution in [3.63, 3.8) is 0 Å². The fraction of sp³-hybridized carbons (Fsp3) is 0.421. The molecule has 1 N–H and O–H groups in total. The first-order valence-electron chi connectivity index (χ1n) is 8.83. The van der Waals surface area contributed by atoms with Crippen LogP contribution < -0.4 is 10.2 Å². The van der Waals surface area contributed by atoms with Crippen molar-refractivity contribution in [3.05, 3.63) is 42.0 Å². The van der Waals surface area contributed by atoms with E-state index in [2.05, 4.69) is 62.7 Å². The smallest absolute Gasteiger partial charge is 0.220 e. The van der Waals surface area contributed by atoms with Gasteiger partial charge in [-0.25, -0.2) is 0 Å². The fourth-order valence-corrected chi connectivity index (χ4v) is 3.45. The van der Waals surface area contributed by atoms with Crippen molar-refractivity contribution in [2.45, 2.75) is 12.3 Å². The molecule has 2 aliphatic heterocycles. The molecule has 0 radical (unpaired) electrons. The number of nitrogens with one attached hydrogen (secondary N) is 1. The van der Waals surface area contributed by atoms with Gasteiger partial charge >= 0.3 is 0 Å². The second kappa shape index (κ2) is 6.80. The van der Waals surface area contributed by atoms with Crippen molar-refractivity contribution in [3.8, 4) is 11.3 Å². The number of anilines is 1. The summed E-state index contributed by atoms with van der Waals surface area (Å²) in [4.78, 5) is 16.0. The van der Waals surface area contributed by atoms with E-state index in [1.165, 1.54) is 5.56 Å². The van der Waals surface area contributed by atoms with E-state index in [4.69, 9.17) is 0 Å². The third-order valence-electron chi connectivity index (χ3n) is 5.13. The minimum atomic E-state index is 0.138. The molecule has 3 heterocycles. The molecule has 25 heavy (non-hydrogen) atoms. The standard InChI is InChI=1S/C19H23N5O/c1-23-8-10-24(11-9-23)18-7-6-17(21-22-18)15-4-2-14(3-5-15)16-12-19(25)20-13-16/h2-7,16H,8-13H2,1H3,(H,20,25). The SMILES string of the molecule is CN1CCN(c2ccc(-c3ccc(C4CNC(=O)C4)cc3)nn2)CC1. The van der Waals surface area contributed by atoms with Crippen LogP contribution in [0.1, 0.15) is 17.9 Å².